The highest BCUT2D eigenvalue weighted by Crippen LogP contribution is 2.27. The van der Waals surface area contributed by atoms with Crippen LogP contribution in [0.1, 0.15) is 5.82 Å². The van der Waals surface area contributed by atoms with E-state index in [1.54, 1.807) is 18.3 Å². The molecule has 0 amide bonds. The molecule has 3 nitrogen and oxygen atoms in total. The van der Waals surface area contributed by atoms with Crippen LogP contribution >= 0.6 is 15.9 Å². The zero-order chi connectivity index (χ0) is 11.3. The van der Waals surface area contributed by atoms with Crippen molar-refractivity contribution in [3.63, 3.8) is 0 Å². The van der Waals surface area contributed by atoms with Gasteiger partial charge in [0.15, 0.2) is 5.65 Å². The number of benzene rings is 1. The highest BCUT2D eigenvalue weighted by Gasteiger charge is 2.10. The molecule has 0 aliphatic heterocycles. The van der Waals surface area contributed by atoms with E-state index in [0.29, 0.717) is 15.5 Å². The van der Waals surface area contributed by atoms with Gasteiger partial charge in [-0.3, -0.25) is 4.40 Å². The Balaban J connectivity index is 2.57. The van der Waals surface area contributed by atoms with Crippen LogP contribution in [0, 0.1) is 12.7 Å². The minimum atomic E-state index is -0.263. The van der Waals surface area contributed by atoms with E-state index in [0.717, 1.165) is 11.2 Å². The standard InChI is InChI=1S/C11H7BrFN3/c1-6-14-15-11-8-2-3-9(12)10(13)7(8)4-5-16(6)11/h2-5H,1H3. The number of aromatic nitrogens is 3. The van der Waals surface area contributed by atoms with E-state index in [-0.39, 0.29) is 5.82 Å². The number of hydrogen-bond donors (Lipinski definition) is 0. The van der Waals surface area contributed by atoms with Crippen LogP contribution in [-0.2, 0) is 0 Å². The SMILES string of the molecule is Cc1nnc2c3ccc(Br)c(F)c3ccn12. The van der Waals surface area contributed by atoms with Gasteiger partial charge in [0.05, 0.1) is 4.47 Å². The van der Waals surface area contributed by atoms with Gasteiger partial charge in [-0.05, 0) is 41.1 Å². The summed E-state index contributed by atoms with van der Waals surface area (Å²) in [5.41, 5.74) is 0.682. The fourth-order valence-corrected chi connectivity index (χ4v) is 2.15. The topological polar surface area (TPSA) is 30.2 Å². The third-order valence-corrected chi connectivity index (χ3v) is 3.24. The van der Waals surface area contributed by atoms with Gasteiger partial charge in [0.2, 0.25) is 0 Å². The van der Waals surface area contributed by atoms with Crippen LogP contribution in [0.4, 0.5) is 4.39 Å². The van der Waals surface area contributed by atoms with Crippen molar-refractivity contribution in [3.8, 4) is 0 Å². The van der Waals surface area contributed by atoms with Crippen LogP contribution in [0.3, 0.4) is 0 Å². The molecule has 3 aromatic rings. The number of fused-ring (bicyclic) bond motifs is 3. The fraction of sp³-hybridized carbons (Fsp3) is 0.0909. The minimum Gasteiger partial charge on any atom is -0.286 e. The van der Waals surface area contributed by atoms with E-state index >= 15 is 0 Å². The van der Waals surface area contributed by atoms with Gasteiger partial charge in [-0.25, -0.2) is 4.39 Å². The van der Waals surface area contributed by atoms with Crippen LogP contribution in [0.25, 0.3) is 16.4 Å². The van der Waals surface area contributed by atoms with Gasteiger partial charge in [0, 0.05) is 17.0 Å². The molecule has 80 valence electrons. The largest absolute Gasteiger partial charge is 0.286 e. The summed E-state index contributed by atoms with van der Waals surface area (Å²) in [6.07, 6.45) is 1.78. The summed E-state index contributed by atoms with van der Waals surface area (Å²) in [5, 5.41) is 9.34. The summed E-state index contributed by atoms with van der Waals surface area (Å²) in [5.74, 6) is 0.529. The predicted octanol–water partition coefficient (Wildman–Crippen LogP) is 3.09. The first-order valence-corrected chi connectivity index (χ1v) is 5.56. The number of aryl methyl sites for hydroxylation is 1. The molecule has 0 saturated heterocycles. The lowest BCUT2D eigenvalue weighted by atomic mass is 10.1. The molecule has 2 aromatic heterocycles. The summed E-state index contributed by atoms with van der Waals surface area (Å²) < 4.78 is 16.1. The van der Waals surface area contributed by atoms with Crippen molar-refractivity contribution in [3.05, 3.63) is 40.5 Å². The molecule has 0 bridgehead atoms. The summed E-state index contributed by atoms with van der Waals surface area (Å²) >= 11 is 3.17. The quantitative estimate of drug-likeness (QED) is 0.633. The summed E-state index contributed by atoms with van der Waals surface area (Å²) in [6.45, 7) is 1.86. The zero-order valence-corrected chi connectivity index (χ0v) is 9.99. The molecule has 0 unspecified atom stereocenters. The van der Waals surface area contributed by atoms with Crippen molar-refractivity contribution < 1.29 is 4.39 Å². The molecule has 0 saturated carbocycles. The van der Waals surface area contributed by atoms with Gasteiger partial charge in [-0.1, -0.05) is 0 Å². The maximum atomic E-state index is 13.8. The van der Waals surface area contributed by atoms with Crippen LogP contribution < -0.4 is 0 Å². The molecule has 0 atom stereocenters. The lowest BCUT2D eigenvalue weighted by molar-refractivity contribution is 0.633. The Kier molecular flexibility index (Phi) is 1.97. The Morgan fingerprint density at radius 1 is 1.19 bits per heavy atom. The summed E-state index contributed by atoms with van der Waals surface area (Å²) in [7, 11) is 0. The Labute approximate surface area is 99.0 Å². The van der Waals surface area contributed by atoms with E-state index in [9.17, 15) is 4.39 Å². The van der Waals surface area contributed by atoms with E-state index in [1.807, 2.05) is 17.4 Å². The van der Waals surface area contributed by atoms with Crippen LogP contribution in [0.5, 0.6) is 0 Å². The average molecular weight is 280 g/mol. The molecule has 0 spiro atoms. The van der Waals surface area contributed by atoms with Crippen LogP contribution in [-0.4, -0.2) is 14.6 Å². The number of pyridine rings is 1. The smallest absolute Gasteiger partial charge is 0.168 e. The number of halogens is 2. The van der Waals surface area contributed by atoms with E-state index < -0.39 is 0 Å². The van der Waals surface area contributed by atoms with E-state index in [1.165, 1.54) is 0 Å². The summed E-state index contributed by atoms with van der Waals surface area (Å²) in [6, 6.07) is 5.26. The molecule has 0 fully saturated rings. The molecular formula is C11H7BrFN3. The van der Waals surface area contributed by atoms with Crippen molar-refractivity contribution in [1.29, 1.82) is 0 Å². The highest BCUT2D eigenvalue weighted by molar-refractivity contribution is 9.10. The van der Waals surface area contributed by atoms with Crippen LogP contribution in [0.2, 0.25) is 0 Å². The van der Waals surface area contributed by atoms with Crippen molar-refractivity contribution >= 4 is 32.3 Å². The Morgan fingerprint density at radius 3 is 2.81 bits per heavy atom. The Morgan fingerprint density at radius 2 is 2.00 bits per heavy atom. The van der Waals surface area contributed by atoms with Gasteiger partial charge < -0.3 is 0 Å². The second kappa shape index (κ2) is 3.25. The number of rotatable bonds is 0. The normalized spacial score (nSPS) is 11.4. The zero-order valence-electron chi connectivity index (χ0n) is 8.41. The van der Waals surface area contributed by atoms with Gasteiger partial charge in [0.1, 0.15) is 11.6 Å². The molecule has 3 rings (SSSR count). The molecule has 0 aliphatic rings. The third-order valence-electron chi connectivity index (χ3n) is 2.63. The number of hydrogen-bond acceptors (Lipinski definition) is 2. The van der Waals surface area contributed by atoms with Crippen molar-refractivity contribution in [2.75, 3.05) is 0 Å². The lowest BCUT2D eigenvalue weighted by Crippen LogP contribution is -1.90. The second-order valence-electron chi connectivity index (χ2n) is 3.58. The molecule has 0 radical (unpaired) electrons. The predicted molar refractivity (Wildman–Crippen MR) is 62.9 cm³/mol. The second-order valence-corrected chi connectivity index (χ2v) is 4.43. The van der Waals surface area contributed by atoms with Crippen molar-refractivity contribution in [1.82, 2.24) is 14.6 Å². The fourth-order valence-electron chi connectivity index (χ4n) is 1.80. The molecular weight excluding hydrogens is 273 g/mol. The Hall–Kier alpha value is -1.49. The molecule has 0 N–H and O–H groups in total. The van der Waals surface area contributed by atoms with Gasteiger partial charge >= 0.3 is 0 Å². The number of nitrogens with zero attached hydrogens (tertiary/aromatic N) is 3. The van der Waals surface area contributed by atoms with Crippen molar-refractivity contribution in [2.45, 2.75) is 6.92 Å². The minimum absolute atomic E-state index is 0.263. The first-order chi connectivity index (χ1) is 7.68. The molecule has 5 heteroatoms. The molecule has 1 aromatic carbocycles. The Bertz CT molecular complexity index is 705. The van der Waals surface area contributed by atoms with Crippen LogP contribution in [0.15, 0.2) is 28.9 Å². The van der Waals surface area contributed by atoms with E-state index in [2.05, 4.69) is 26.1 Å². The van der Waals surface area contributed by atoms with Crippen molar-refractivity contribution in [2.24, 2.45) is 0 Å². The molecule has 0 aliphatic carbocycles. The maximum Gasteiger partial charge on any atom is 0.168 e. The maximum absolute atomic E-state index is 13.8. The molecule has 16 heavy (non-hydrogen) atoms. The highest BCUT2D eigenvalue weighted by atomic mass is 79.9. The first kappa shape index (κ1) is 9.72. The lowest BCUT2D eigenvalue weighted by Gasteiger charge is -2.03. The monoisotopic (exact) mass is 279 g/mol. The third kappa shape index (κ3) is 1.18. The summed E-state index contributed by atoms with van der Waals surface area (Å²) in [4.78, 5) is 0. The van der Waals surface area contributed by atoms with E-state index in [4.69, 9.17) is 0 Å². The first-order valence-electron chi connectivity index (χ1n) is 4.76. The molecule has 2 heterocycles. The van der Waals surface area contributed by atoms with Gasteiger partial charge in [0.25, 0.3) is 0 Å². The van der Waals surface area contributed by atoms with Gasteiger partial charge in [-0.15, -0.1) is 10.2 Å². The average Bonchev–Trinajstić information content (AvgIpc) is 2.66. The van der Waals surface area contributed by atoms with Gasteiger partial charge in [-0.2, -0.15) is 0 Å².